The van der Waals surface area contributed by atoms with E-state index in [1.165, 1.54) is 14.4 Å². The molecular weight excluding hydrogens is 550 g/mol. The molecule has 0 atom stereocenters. The molecule has 10 heteroatoms. The minimum Gasteiger partial charge on any atom is -0.496 e. The molecule has 0 fully saturated rings. The Morgan fingerprint density at radius 3 is 2.52 bits per heavy atom. The van der Waals surface area contributed by atoms with Crippen molar-refractivity contribution in [3.05, 3.63) is 101 Å². The molecule has 5 aromatic rings. The summed E-state index contributed by atoms with van der Waals surface area (Å²) in [6.07, 6.45) is 4.06. The highest BCUT2D eigenvalue weighted by Gasteiger charge is 2.24. The van der Waals surface area contributed by atoms with Gasteiger partial charge in [-0.05, 0) is 53.9 Å². The lowest BCUT2D eigenvalue weighted by molar-refractivity contribution is 0.0827. The van der Waals surface area contributed by atoms with Crippen molar-refractivity contribution in [2.24, 2.45) is 0 Å². The van der Waals surface area contributed by atoms with Gasteiger partial charge in [-0.1, -0.05) is 42.5 Å². The van der Waals surface area contributed by atoms with Crippen LogP contribution in [0.5, 0.6) is 5.75 Å². The van der Waals surface area contributed by atoms with Gasteiger partial charge in [0.05, 0.1) is 24.8 Å². The number of nitrogens with zero attached hydrogens (tertiary/aromatic N) is 4. The van der Waals surface area contributed by atoms with Crippen molar-refractivity contribution in [1.82, 2.24) is 24.2 Å². The SMILES string of the molecule is COc1cc(-c2cnc3c(n2)c(-c2ccc(C(=O)N(C)C)cc2)cn3S(=O)(=O)Cc2ccccc2)cc2c1CNCC2. The van der Waals surface area contributed by atoms with Crippen LogP contribution in [-0.4, -0.2) is 60.9 Å². The van der Waals surface area contributed by atoms with Crippen LogP contribution in [0.1, 0.15) is 27.0 Å². The number of nitrogens with one attached hydrogen (secondary N) is 1. The van der Waals surface area contributed by atoms with Gasteiger partial charge < -0.3 is 15.0 Å². The number of methoxy groups -OCH3 is 1. The third-order valence-electron chi connectivity index (χ3n) is 7.49. The third kappa shape index (κ3) is 5.15. The lowest BCUT2D eigenvalue weighted by atomic mass is 9.96. The second kappa shape index (κ2) is 11.0. The van der Waals surface area contributed by atoms with Crippen LogP contribution in [0.25, 0.3) is 33.5 Å². The van der Waals surface area contributed by atoms with Gasteiger partial charge in [0.25, 0.3) is 5.91 Å². The molecule has 3 heterocycles. The van der Waals surface area contributed by atoms with E-state index in [2.05, 4.69) is 16.4 Å². The lowest BCUT2D eigenvalue weighted by Crippen LogP contribution is -2.24. The van der Waals surface area contributed by atoms with Crippen LogP contribution in [0.3, 0.4) is 0 Å². The highest BCUT2D eigenvalue weighted by molar-refractivity contribution is 7.89. The molecular formula is C32H31N5O4S. The number of benzene rings is 3. The van der Waals surface area contributed by atoms with E-state index in [1.54, 1.807) is 57.9 Å². The maximum atomic E-state index is 13.7. The minimum atomic E-state index is -3.83. The van der Waals surface area contributed by atoms with E-state index in [1.807, 2.05) is 36.4 Å². The Hall–Kier alpha value is -4.54. The molecule has 1 N–H and O–H groups in total. The molecule has 0 spiro atoms. The summed E-state index contributed by atoms with van der Waals surface area (Å²) < 4.78 is 34.3. The van der Waals surface area contributed by atoms with E-state index < -0.39 is 10.0 Å². The van der Waals surface area contributed by atoms with Gasteiger partial charge >= 0.3 is 0 Å². The highest BCUT2D eigenvalue weighted by atomic mass is 32.2. The number of hydrogen-bond acceptors (Lipinski definition) is 7. The molecule has 42 heavy (non-hydrogen) atoms. The highest BCUT2D eigenvalue weighted by Crippen LogP contribution is 2.35. The summed E-state index contributed by atoms with van der Waals surface area (Å²) >= 11 is 0. The second-order valence-corrected chi connectivity index (χ2v) is 12.4. The maximum Gasteiger partial charge on any atom is 0.253 e. The van der Waals surface area contributed by atoms with Gasteiger partial charge in [0.15, 0.2) is 5.65 Å². The molecule has 3 aromatic carbocycles. The van der Waals surface area contributed by atoms with Gasteiger partial charge in [-0.15, -0.1) is 0 Å². The van der Waals surface area contributed by atoms with Gasteiger partial charge in [-0.2, -0.15) is 0 Å². The number of amides is 1. The molecule has 0 unspecified atom stereocenters. The Morgan fingerprint density at radius 1 is 1.05 bits per heavy atom. The first-order valence-electron chi connectivity index (χ1n) is 13.6. The largest absolute Gasteiger partial charge is 0.496 e. The van der Waals surface area contributed by atoms with Crippen molar-refractivity contribution in [2.75, 3.05) is 27.7 Å². The quantitative estimate of drug-likeness (QED) is 0.302. The number of fused-ring (bicyclic) bond motifs is 2. The van der Waals surface area contributed by atoms with E-state index in [-0.39, 0.29) is 17.3 Å². The number of carbonyl (C=O) groups is 1. The van der Waals surface area contributed by atoms with Gasteiger partial charge in [-0.25, -0.2) is 22.4 Å². The fourth-order valence-corrected chi connectivity index (χ4v) is 6.74. The van der Waals surface area contributed by atoms with E-state index >= 15 is 0 Å². The van der Waals surface area contributed by atoms with Crippen molar-refractivity contribution in [1.29, 1.82) is 0 Å². The molecule has 1 amide bonds. The Bertz CT molecular complexity index is 1880. The van der Waals surface area contributed by atoms with E-state index in [9.17, 15) is 13.2 Å². The summed E-state index contributed by atoms with van der Waals surface area (Å²) in [5.41, 5.74) is 7.02. The Balaban J connectivity index is 1.51. The third-order valence-corrected chi connectivity index (χ3v) is 9.07. The molecule has 1 aliphatic rings. The fourth-order valence-electron chi connectivity index (χ4n) is 5.32. The van der Waals surface area contributed by atoms with Crippen molar-refractivity contribution >= 4 is 27.1 Å². The molecule has 1 aliphatic heterocycles. The Kier molecular flexibility index (Phi) is 7.26. The predicted molar refractivity (Wildman–Crippen MR) is 163 cm³/mol. The zero-order valence-electron chi connectivity index (χ0n) is 23.7. The van der Waals surface area contributed by atoms with Crippen molar-refractivity contribution in [2.45, 2.75) is 18.7 Å². The fraction of sp³-hybridized carbons (Fsp3) is 0.219. The first-order valence-corrected chi connectivity index (χ1v) is 15.2. The van der Waals surface area contributed by atoms with Crippen LogP contribution in [0, 0.1) is 0 Å². The smallest absolute Gasteiger partial charge is 0.253 e. The summed E-state index contributed by atoms with van der Waals surface area (Å²) in [5.74, 6) is 0.473. The first-order chi connectivity index (χ1) is 20.2. The number of aromatic nitrogens is 3. The Labute approximate surface area is 244 Å². The van der Waals surface area contributed by atoms with Gasteiger partial charge in [0, 0.05) is 49.1 Å². The molecule has 0 aliphatic carbocycles. The van der Waals surface area contributed by atoms with Gasteiger partial charge in [-0.3, -0.25) is 4.79 Å². The summed E-state index contributed by atoms with van der Waals surface area (Å²) in [5, 5.41) is 3.38. The minimum absolute atomic E-state index is 0.118. The first kappa shape index (κ1) is 27.6. The predicted octanol–water partition coefficient (Wildman–Crippen LogP) is 4.50. The molecule has 214 valence electrons. The number of hydrogen-bond donors (Lipinski definition) is 1. The average Bonchev–Trinajstić information content (AvgIpc) is 3.40. The maximum absolute atomic E-state index is 13.7. The normalized spacial score (nSPS) is 13.1. The molecule has 2 aromatic heterocycles. The summed E-state index contributed by atoms with van der Waals surface area (Å²) in [6, 6.07) is 20.2. The zero-order valence-corrected chi connectivity index (χ0v) is 24.5. The van der Waals surface area contributed by atoms with E-state index in [4.69, 9.17) is 9.72 Å². The van der Waals surface area contributed by atoms with Gasteiger partial charge in [0.2, 0.25) is 10.0 Å². The Morgan fingerprint density at radius 2 is 1.81 bits per heavy atom. The monoisotopic (exact) mass is 581 g/mol. The van der Waals surface area contributed by atoms with E-state index in [0.29, 0.717) is 27.9 Å². The van der Waals surface area contributed by atoms with Crippen LogP contribution >= 0.6 is 0 Å². The van der Waals surface area contributed by atoms with Crippen LogP contribution in [0.2, 0.25) is 0 Å². The molecule has 6 rings (SSSR count). The summed E-state index contributed by atoms with van der Waals surface area (Å²) in [6.45, 7) is 1.62. The van der Waals surface area contributed by atoms with Crippen LogP contribution in [-0.2, 0) is 28.7 Å². The topological polar surface area (TPSA) is 106 Å². The summed E-state index contributed by atoms with van der Waals surface area (Å²) in [7, 11) is 1.22. The number of carbonyl (C=O) groups excluding carboxylic acids is 1. The average molecular weight is 582 g/mol. The molecule has 0 saturated carbocycles. The van der Waals surface area contributed by atoms with E-state index in [0.717, 1.165) is 42.0 Å². The van der Waals surface area contributed by atoms with Crippen LogP contribution in [0.15, 0.2) is 79.1 Å². The van der Waals surface area contributed by atoms with Crippen molar-refractivity contribution in [3.8, 4) is 28.1 Å². The standard InChI is InChI=1S/C32H31N5O4S/c1-36(2)32(38)23-11-9-22(10-12-23)27-19-37(42(39,40)20-21-7-5-4-6-8-21)31-30(27)35-28(18-34-31)25-15-24-13-14-33-17-26(24)29(16-25)41-3/h4-12,15-16,18-19,33H,13-14,17,20H2,1-3H3. The molecule has 9 nitrogen and oxygen atoms in total. The van der Waals surface area contributed by atoms with Gasteiger partial charge in [0.1, 0.15) is 11.3 Å². The van der Waals surface area contributed by atoms with Crippen molar-refractivity contribution < 1.29 is 17.9 Å². The lowest BCUT2D eigenvalue weighted by Gasteiger charge is -2.21. The van der Waals surface area contributed by atoms with Crippen LogP contribution < -0.4 is 10.1 Å². The number of ether oxygens (including phenoxy) is 1. The molecule has 0 bridgehead atoms. The summed E-state index contributed by atoms with van der Waals surface area (Å²) in [4.78, 5) is 23.6. The zero-order chi connectivity index (χ0) is 29.4. The van der Waals surface area contributed by atoms with Crippen LogP contribution in [0.4, 0.5) is 0 Å². The second-order valence-electron chi connectivity index (χ2n) is 10.5. The molecule has 0 radical (unpaired) electrons. The number of rotatable bonds is 7. The molecule has 0 saturated heterocycles. The van der Waals surface area contributed by atoms with Crippen molar-refractivity contribution in [3.63, 3.8) is 0 Å².